The standard InChI is InChI=1S/C18H16BrN5O3/c19-13-3-1-2-12(6-13)9-24-17(20)16(22-23-24)18(25)21-8-11-4-5-14-15(7-11)27-10-26-14/h1-7H,8-10,20H2,(H,21,25). The summed E-state index contributed by atoms with van der Waals surface area (Å²) < 4.78 is 13.1. The number of rotatable bonds is 5. The van der Waals surface area contributed by atoms with E-state index in [1.54, 1.807) is 0 Å². The second kappa shape index (κ2) is 7.28. The highest BCUT2D eigenvalue weighted by Crippen LogP contribution is 2.32. The van der Waals surface area contributed by atoms with E-state index in [0.717, 1.165) is 15.6 Å². The first-order valence-electron chi connectivity index (χ1n) is 8.20. The Hall–Kier alpha value is -3.07. The van der Waals surface area contributed by atoms with Crippen LogP contribution < -0.4 is 20.5 Å². The number of hydrogen-bond acceptors (Lipinski definition) is 6. The molecule has 3 N–H and O–H groups in total. The third-order valence-corrected chi connectivity index (χ3v) is 4.59. The number of nitrogens with one attached hydrogen (secondary N) is 1. The highest BCUT2D eigenvalue weighted by Gasteiger charge is 2.18. The number of halogens is 1. The Balaban J connectivity index is 1.42. The van der Waals surface area contributed by atoms with Crippen LogP contribution in [0.5, 0.6) is 11.5 Å². The van der Waals surface area contributed by atoms with E-state index < -0.39 is 0 Å². The minimum atomic E-state index is -0.384. The quantitative estimate of drug-likeness (QED) is 0.644. The number of benzene rings is 2. The molecule has 1 aromatic heterocycles. The third kappa shape index (κ3) is 3.72. The van der Waals surface area contributed by atoms with Crippen molar-refractivity contribution in [3.8, 4) is 11.5 Å². The lowest BCUT2D eigenvalue weighted by molar-refractivity contribution is 0.0946. The summed E-state index contributed by atoms with van der Waals surface area (Å²) in [4.78, 5) is 12.4. The van der Waals surface area contributed by atoms with Gasteiger partial charge in [0.2, 0.25) is 6.79 Å². The minimum absolute atomic E-state index is 0.103. The Kier molecular flexibility index (Phi) is 4.68. The third-order valence-electron chi connectivity index (χ3n) is 4.10. The van der Waals surface area contributed by atoms with Gasteiger partial charge in [0.15, 0.2) is 23.0 Å². The molecule has 0 bridgehead atoms. The number of anilines is 1. The number of fused-ring (bicyclic) bond motifs is 1. The molecule has 0 unspecified atom stereocenters. The Bertz CT molecular complexity index is 1000. The number of ether oxygens (including phenoxy) is 2. The smallest absolute Gasteiger partial charge is 0.275 e. The van der Waals surface area contributed by atoms with Crippen LogP contribution >= 0.6 is 15.9 Å². The van der Waals surface area contributed by atoms with E-state index in [0.29, 0.717) is 24.6 Å². The molecule has 0 spiro atoms. The molecular formula is C18H16BrN5O3. The zero-order valence-electron chi connectivity index (χ0n) is 14.2. The Morgan fingerprint density at radius 3 is 2.89 bits per heavy atom. The summed E-state index contributed by atoms with van der Waals surface area (Å²) in [6.45, 7) is 0.948. The van der Waals surface area contributed by atoms with Crippen LogP contribution in [0.15, 0.2) is 46.9 Å². The van der Waals surface area contributed by atoms with Crippen LogP contribution in [0.25, 0.3) is 0 Å². The van der Waals surface area contributed by atoms with Crippen molar-refractivity contribution in [1.29, 1.82) is 0 Å². The van der Waals surface area contributed by atoms with E-state index in [4.69, 9.17) is 15.2 Å². The first-order chi connectivity index (χ1) is 13.1. The van der Waals surface area contributed by atoms with E-state index >= 15 is 0 Å². The molecule has 2 heterocycles. The van der Waals surface area contributed by atoms with Gasteiger partial charge in [-0.3, -0.25) is 4.79 Å². The largest absolute Gasteiger partial charge is 0.454 e. The average molecular weight is 430 g/mol. The fourth-order valence-electron chi connectivity index (χ4n) is 2.72. The molecule has 0 saturated heterocycles. The number of aromatic nitrogens is 3. The van der Waals surface area contributed by atoms with Gasteiger partial charge in [0, 0.05) is 11.0 Å². The van der Waals surface area contributed by atoms with Gasteiger partial charge >= 0.3 is 0 Å². The topological polar surface area (TPSA) is 104 Å². The van der Waals surface area contributed by atoms with Crippen LogP contribution in [0.1, 0.15) is 21.6 Å². The molecule has 0 saturated carbocycles. The number of hydrogen-bond donors (Lipinski definition) is 2. The zero-order valence-corrected chi connectivity index (χ0v) is 15.8. The molecule has 0 radical (unpaired) electrons. The van der Waals surface area contributed by atoms with E-state index in [2.05, 4.69) is 31.6 Å². The molecule has 8 nitrogen and oxygen atoms in total. The lowest BCUT2D eigenvalue weighted by Gasteiger charge is -2.06. The Morgan fingerprint density at radius 1 is 1.19 bits per heavy atom. The zero-order chi connectivity index (χ0) is 18.8. The fourth-order valence-corrected chi connectivity index (χ4v) is 3.17. The van der Waals surface area contributed by atoms with Crippen LogP contribution in [0.2, 0.25) is 0 Å². The van der Waals surface area contributed by atoms with Crippen molar-refractivity contribution < 1.29 is 14.3 Å². The van der Waals surface area contributed by atoms with Gasteiger partial charge in [-0.25, -0.2) is 4.68 Å². The van der Waals surface area contributed by atoms with E-state index in [9.17, 15) is 4.79 Å². The molecule has 0 fully saturated rings. The summed E-state index contributed by atoms with van der Waals surface area (Å²) >= 11 is 3.43. The highest BCUT2D eigenvalue weighted by molar-refractivity contribution is 9.10. The van der Waals surface area contributed by atoms with Gasteiger partial charge in [-0.1, -0.05) is 39.3 Å². The lowest BCUT2D eigenvalue weighted by atomic mass is 10.2. The Labute approximate surface area is 163 Å². The van der Waals surface area contributed by atoms with Crippen molar-refractivity contribution in [2.75, 3.05) is 12.5 Å². The summed E-state index contributed by atoms with van der Waals surface area (Å²) in [5.41, 5.74) is 8.04. The molecule has 2 aromatic carbocycles. The predicted molar refractivity (Wildman–Crippen MR) is 101 cm³/mol. The van der Waals surface area contributed by atoms with Crippen LogP contribution in [0, 0.1) is 0 Å². The van der Waals surface area contributed by atoms with Crippen LogP contribution in [0.3, 0.4) is 0 Å². The first kappa shape index (κ1) is 17.3. The van der Waals surface area contributed by atoms with Crippen molar-refractivity contribution >= 4 is 27.7 Å². The van der Waals surface area contributed by atoms with Gasteiger partial charge < -0.3 is 20.5 Å². The maximum Gasteiger partial charge on any atom is 0.275 e. The summed E-state index contributed by atoms with van der Waals surface area (Å²) in [5, 5.41) is 10.7. The SMILES string of the molecule is Nc1c(C(=O)NCc2ccc3c(c2)OCO3)nnn1Cc1cccc(Br)c1. The fraction of sp³-hybridized carbons (Fsp3) is 0.167. The van der Waals surface area contributed by atoms with Crippen molar-refractivity contribution in [3.05, 3.63) is 63.8 Å². The second-order valence-corrected chi connectivity index (χ2v) is 6.90. The molecule has 1 aliphatic heterocycles. The maximum atomic E-state index is 12.4. The number of amides is 1. The van der Waals surface area contributed by atoms with Gasteiger partial charge in [-0.15, -0.1) is 5.10 Å². The summed E-state index contributed by atoms with van der Waals surface area (Å²) in [6.07, 6.45) is 0. The highest BCUT2D eigenvalue weighted by atomic mass is 79.9. The minimum Gasteiger partial charge on any atom is -0.454 e. The number of nitrogens with two attached hydrogens (primary N) is 1. The van der Waals surface area contributed by atoms with E-state index in [1.165, 1.54) is 4.68 Å². The van der Waals surface area contributed by atoms with Crippen molar-refractivity contribution in [2.24, 2.45) is 0 Å². The lowest BCUT2D eigenvalue weighted by Crippen LogP contribution is -2.24. The summed E-state index contributed by atoms with van der Waals surface area (Å²) in [6, 6.07) is 13.3. The van der Waals surface area contributed by atoms with Gasteiger partial charge in [-0.2, -0.15) is 0 Å². The summed E-state index contributed by atoms with van der Waals surface area (Å²) in [5.74, 6) is 1.20. The normalized spacial score (nSPS) is 12.2. The van der Waals surface area contributed by atoms with Gasteiger partial charge in [0.25, 0.3) is 5.91 Å². The van der Waals surface area contributed by atoms with Gasteiger partial charge in [0.1, 0.15) is 0 Å². The molecule has 3 aromatic rings. The molecule has 9 heteroatoms. The van der Waals surface area contributed by atoms with E-state index in [1.807, 2.05) is 42.5 Å². The molecule has 0 aliphatic carbocycles. The molecule has 1 amide bonds. The number of nitrogens with zero attached hydrogens (tertiary/aromatic N) is 3. The molecule has 27 heavy (non-hydrogen) atoms. The number of carbonyl (C=O) groups is 1. The van der Waals surface area contributed by atoms with Crippen molar-refractivity contribution in [3.63, 3.8) is 0 Å². The Morgan fingerprint density at radius 2 is 2.04 bits per heavy atom. The number of carbonyl (C=O) groups excluding carboxylic acids is 1. The molecule has 138 valence electrons. The maximum absolute atomic E-state index is 12.4. The monoisotopic (exact) mass is 429 g/mol. The van der Waals surface area contributed by atoms with Gasteiger partial charge in [0.05, 0.1) is 6.54 Å². The van der Waals surface area contributed by atoms with Crippen LogP contribution in [0.4, 0.5) is 5.82 Å². The second-order valence-electron chi connectivity index (χ2n) is 5.98. The van der Waals surface area contributed by atoms with Crippen LogP contribution in [-0.4, -0.2) is 27.7 Å². The average Bonchev–Trinajstić information content (AvgIpc) is 3.26. The molecule has 0 atom stereocenters. The van der Waals surface area contributed by atoms with E-state index in [-0.39, 0.29) is 24.2 Å². The predicted octanol–water partition coefficient (Wildman–Crippen LogP) is 2.33. The van der Waals surface area contributed by atoms with Gasteiger partial charge in [-0.05, 0) is 35.4 Å². The molecular weight excluding hydrogens is 414 g/mol. The molecule has 1 aliphatic rings. The van der Waals surface area contributed by atoms with Crippen LogP contribution in [-0.2, 0) is 13.1 Å². The first-order valence-corrected chi connectivity index (χ1v) is 8.99. The van der Waals surface area contributed by atoms with Crippen molar-refractivity contribution in [2.45, 2.75) is 13.1 Å². The molecule has 4 rings (SSSR count). The van der Waals surface area contributed by atoms with Crippen molar-refractivity contribution in [1.82, 2.24) is 20.3 Å². The number of nitrogen functional groups attached to an aromatic ring is 1. The summed E-state index contributed by atoms with van der Waals surface area (Å²) in [7, 11) is 0.